The quantitative estimate of drug-likeness (QED) is 0.340. The monoisotopic (exact) mass is 478 g/mol. The lowest BCUT2D eigenvalue weighted by atomic mass is 9.91. The Labute approximate surface area is 203 Å². The number of aliphatic carboxylic acids is 1. The lowest BCUT2D eigenvalue weighted by Gasteiger charge is -2.37. The number of allylic oxidation sites excluding steroid dienone is 2. The Kier molecular flexibility index (Phi) is 8.13. The van der Waals surface area contributed by atoms with Gasteiger partial charge in [0, 0.05) is 17.9 Å². The number of carboxylic acid groups (broad SMARTS) is 1. The molecular formula is C28H27FO6. The van der Waals surface area contributed by atoms with Crippen molar-refractivity contribution in [3.05, 3.63) is 102 Å². The van der Waals surface area contributed by atoms with Crippen LogP contribution in [0.5, 0.6) is 17.2 Å². The Morgan fingerprint density at radius 2 is 1.71 bits per heavy atom. The first-order valence-corrected chi connectivity index (χ1v) is 11.5. The van der Waals surface area contributed by atoms with Crippen LogP contribution < -0.4 is 4.74 Å². The van der Waals surface area contributed by atoms with Crippen molar-refractivity contribution in [2.24, 2.45) is 5.92 Å². The van der Waals surface area contributed by atoms with E-state index in [1.54, 1.807) is 30.3 Å². The van der Waals surface area contributed by atoms with Crippen LogP contribution >= 0.6 is 0 Å². The Bertz CT molecular complexity index is 1160. The van der Waals surface area contributed by atoms with Gasteiger partial charge in [0.05, 0.1) is 18.3 Å². The molecule has 35 heavy (non-hydrogen) atoms. The molecule has 1 aliphatic heterocycles. The van der Waals surface area contributed by atoms with E-state index >= 15 is 0 Å². The van der Waals surface area contributed by atoms with E-state index in [1.807, 2.05) is 42.5 Å². The maximum absolute atomic E-state index is 13.3. The summed E-state index contributed by atoms with van der Waals surface area (Å²) in [4.78, 5) is 10.7. The summed E-state index contributed by atoms with van der Waals surface area (Å²) in [5.74, 6) is -0.142. The van der Waals surface area contributed by atoms with E-state index in [4.69, 9.17) is 19.3 Å². The molecule has 0 saturated carbocycles. The summed E-state index contributed by atoms with van der Waals surface area (Å²) in [6.07, 6.45) is 3.68. The van der Waals surface area contributed by atoms with Gasteiger partial charge in [-0.1, -0.05) is 48.6 Å². The number of ether oxygens (including phenoxy) is 3. The lowest BCUT2D eigenvalue weighted by molar-refractivity contribution is -0.244. The molecule has 0 aromatic heterocycles. The molecule has 4 rings (SSSR count). The molecule has 1 heterocycles. The van der Waals surface area contributed by atoms with E-state index in [1.165, 1.54) is 12.1 Å². The number of hydrogen-bond acceptors (Lipinski definition) is 5. The van der Waals surface area contributed by atoms with Crippen molar-refractivity contribution in [1.82, 2.24) is 0 Å². The molecule has 7 heteroatoms. The van der Waals surface area contributed by atoms with Crippen LogP contribution in [0.4, 0.5) is 4.39 Å². The van der Waals surface area contributed by atoms with Crippen LogP contribution in [0.1, 0.15) is 42.8 Å². The fourth-order valence-electron chi connectivity index (χ4n) is 3.99. The number of carboxylic acids is 1. The van der Waals surface area contributed by atoms with E-state index in [-0.39, 0.29) is 23.9 Å². The number of aromatic hydroxyl groups is 1. The van der Waals surface area contributed by atoms with Gasteiger partial charge < -0.3 is 24.4 Å². The summed E-state index contributed by atoms with van der Waals surface area (Å²) >= 11 is 0. The van der Waals surface area contributed by atoms with Gasteiger partial charge in [-0.25, -0.2) is 4.39 Å². The number of phenols is 1. The Morgan fingerprint density at radius 1 is 1.00 bits per heavy atom. The van der Waals surface area contributed by atoms with E-state index in [9.17, 15) is 14.3 Å². The minimum atomic E-state index is -0.838. The molecule has 0 amide bonds. The molecule has 0 unspecified atom stereocenters. The molecule has 0 aliphatic carbocycles. The summed E-state index contributed by atoms with van der Waals surface area (Å²) in [5, 5.41) is 19.3. The van der Waals surface area contributed by atoms with E-state index in [0.29, 0.717) is 42.1 Å². The van der Waals surface area contributed by atoms with Crippen molar-refractivity contribution < 1.29 is 33.6 Å². The fourth-order valence-corrected chi connectivity index (χ4v) is 3.99. The van der Waals surface area contributed by atoms with Crippen molar-refractivity contribution in [3.8, 4) is 17.2 Å². The minimum Gasteiger partial charge on any atom is -0.508 e. The first-order chi connectivity index (χ1) is 17.0. The second-order valence-corrected chi connectivity index (χ2v) is 8.27. The molecule has 1 fully saturated rings. The molecule has 3 aromatic carbocycles. The normalized spacial score (nSPS) is 20.1. The number of phenolic OH excluding ortho intramolecular Hbond substituents is 1. The van der Waals surface area contributed by atoms with Crippen LogP contribution in [0.25, 0.3) is 0 Å². The van der Waals surface area contributed by atoms with Gasteiger partial charge in [0.2, 0.25) is 0 Å². The highest BCUT2D eigenvalue weighted by atomic mass is 19.1. The highest BCUT2D eigenvalue weighted by Crippen LogP contribution is 2.44. The van der Waals surface area contributed by atoms with Crippen LogP contribution in [0.15, 0.2) is 84.9 Å². The summed E-state index contributed by atoms with van der Waals surface area (Å²) < 4.78 is 31.8. The van der Waals surface area contributed by atoms with E-state index < -0.39 is 18.4 Å². The number of rotatable bonds is 9. The first-order valence-electron chi connectivity index (χ1n) is 11.5. The molecule has 3 atom stereocenters. The van der Waals surface area contributed by atoms with Crippen molar-refractivity contribution in [2.45, 2.75) is 31.7 Å². The molecule has 1 saturated heterocycles. The summed E-state index contributed by atoms with van der Waals surface area (Å²) in [6.45, 7) is 0.359. The second-order valence-electron chi connectivity index (χ2n) is 8.27. The highest BCUT2D eigenvalue weighted by Gasteiger charge is 2.35. The van der Waals surface area contributed by atoms with Gasteiger partial charge in [0.1, 0.15) is 23.1 Å². The molecule has 0 radical (unpaired) electrons. The second kappa shape index (κ2) is 11.6. The van der Waals surface area contributed by atoms with Gasteiger partial charge in [0.25, 0.3) is 0 Å². The average molecular weight is 479 g/mol. The smallest absolute Gasteiger partial charge is 0.303 e. The average Bonchev–Trinajstić information content (AvgIpc) is 2.86. The number of hydrogen-bond donors (Lipinski definition) is 2. The zero-order valence-electron chi connectivity index (χ0n) is 19.0. The van der Waals surface area contributed by atoms with Gasteiger partial charge in [0.15, 0.2) is 6.29 Å². The molecule has 6 nitrogen and oxygen atoms in total. The zero-order chi connectivity index (χ0) is 24.6. The van der Waals surface area contributed by atoms with Crippen LogP contribution in [0.3, 0.4) is 0 Å². The number of halogens is 1. The molecule has 0 bridgehead atoms. The minimum absolute atomic E-state index is 0.0734. The van der Waals surface area contributed by atoms with Gasteiger partial charge in [-0.2, -0.15) is 0 Å². The molecule has 3 aromatic rings. The molecule has 182 valence electrons. The zero-order valence-corrected chi connectivity index (χ0v) is 19.0. The van der Waals surface area contributed by atoms with Gasteiger partial charge >= 0.3 is 5.97 Å². The van der Waals surface area contributed by atoms with Crippen molar-refractivity contribution in [3.63, 3.8) is 0 Å². The molecule has 1 aliphatic rings. The van der Waals surface area contributed by atoms with Crippen molar-refractivity contribution >= 4 is 5.97 Å². The maximum Gasteiger partial charge on any atom is 0.303 e. The molecular weight excluding hydrogens is 451 g/mol. The van der Waals surface area contributed by atoms with Crippen molar-refractivity contribution in [2.75, 3.05) is 6.61 Å². The van der Waals surface area contributed by atoms with Gasteiger partial charge in [-0.3, -0.25) is 4.79 Å². The largest absolute Gasteiger partial charge is 0.508 e. The van der Waals surface area contributed by atoms with E-state index in [0.717, 1.165) is 0 Å². The fraction of sp³-hybridized carbons (Fsp3) is 0.250. The SMILES string of the molecule is O=C(O)CC/C=C\C[C@@H]1CO[C@H](c2ccccc2Oc2ccc(F)cc2)O[C@@H]1c1ccccc1O. The third-order valence-electron chi connectivity index (χ3n) is 5.75. The first kappa shape index (κ1) is 24.4. The van der Waals surface area contributed by atoms with Crippen LogP contribution in [0.2, 0.25) is 0 Å². The predicted molar refractivity (Wildman–Crippen MR) is 128 cm³/mol. The molecule has 2 N–H and O–H groups in total. The van der Waals surface area contributed by atoms with Crippen LogP contribution in [-0.4, -0.2) is 22.8 Å². The van der Waals surface area contributed by atoms with E-state index in [2.05, 4.69) is 0 Å². The number of carbonyl (C=O) groups is 1. The Morgan fingerprint density at radius 3 is 2.46 bits per heavy atom. The summed E-state index contributed by atoms with van der Waals surface area (Å²) in [5.41, 5.74) is 1.33. The highest BCUT2D eigenvalue weighted by molar-refractivity contribution is 5.66. The Hall–Kier alpha value is -3.68. The van der Waals surface area contributed by atoms with Gasteiger partial charge in [-0.05, 0) is 49.2 Å². The maximum atomic E-state index is 13.3. The number of benzene rings is 3. The Balaban J connectivity index is 1.55. The standard InChI is InChI=1S/C28H27FO6/c29-20-14-16-21(17-15-20)34-25-12-7-5-10-23(25)28-33-18-19(8-2-1-3-13-26(31)32)27(35-28)22-9-4-6-11-24(22)30/h1-2,4-7,9-12,14-17,19,27-28,30H,3,8,13,18H2,(H,31,32)/b2-1-/t19-,27+,28+/m1/s1. The van der Waals surface area contributed by atoms with Crippen LogP contribution in [-0.2, 0) is 14.3 Å². The lowest BCUT2D eigenvalue weighted by Crippen LogP contribution is -2.30. The van der Waals surface area contributed by atoms with Crippen molar-refractivity contribution in [1.29, 1.82) is 0 Å². The summed E-state index contributed by atoms with van der Waals surface area (Å²) in [7, 11) is 0. The van der Waals surface area contributed by atoms with Crippen LogP contribution in [0, 0.1) is 11.7 Å². The molecule has 0 spiro atoms. The van der Waals surface area contributed by atoms with Gasteiger partial charge in [-0.15, -0.1) is 0 Å². The third-order valence-corrected chi connectivity index (χ3v) is 5.75. The summed E-state index contributed by atoms with van der Waals surface area (Å²) in [6, 6.07) is 20.1. The third kappa shape index (κ3) is 6.47. The number of para-hydroxylation sites is 2. The predicted octanol–water partition coefficient (Wildman–Crippen LogP) is 6.54. The topological polar surface area (TPSA) is 85.2 Å².